The third kappa shape index (κ3) is 4.89. The van der Waals surface area contributed by atoms with Crippen molar-refractivity contribution in [3.05, 3.63) is 0 Å². The smallest absolute Gasteiger partial charge is 0.407 e. The van der Waals surface area contributed by atoms with Crippen molar-refractivity contribution in [3.8, 4) is 0 Å². The highest BCUT2D eigenvalue weighted by molar-refractivity contribution is 6.01. The zero-order chi connectivity index (χ0) is 17.3. The molecule has 7 heteroatoms. The van der Waals surface area contributed by atoms with E-state index in [2.05, 4.69) is 5.32 Å². The number of imide groups is 1. The lowest BCUT2D eigenvalue weighted by Crippen LogP contribution is -2.53. The second kappa shape index (κ2) is 6.14. The van der Waals surface area contributed by atoms with E-state index in [-0.39, 0.29) is 30.4 Å². The molecule has 0 saturated carbocycles. The van der Waals surface area contributed by atoms with Crippen LogP contribution in [0, 0.1) is 5.41 Å². The number of rotatable bonds is 3. The molecule has 1 aliphatic heterocycles. The van der Waals surface area contributed by atoms with E-state index in [1.807, 2.05) is 20.8 Å². The first-order valence-electron chi connectivity index (χ1n) is 7.36. The monoisotopic (exact) mass is 313 g/mol. The van der Waals surface area contributed by atoms with Gasteiger partial charge in [-0.1, -0.05) is 20.8 Å². The number of nitrogens with one attached hydrogen (secondary N) is 1. The number of nitrogens with zero attached hydrogens (tertiary/aromatic N) is 2. The molecular weight excluding hydrogens is 286 g/mol. The lowest BCUT2D eigenvalue weighted by atomic mass is 9.86. The predicted octanol–water partition coefficient (Wildman–Crippen LogP) is 1.82. The maximum Gasteiger partial charge on any atom is 0.407 e. The van der Waals surface area contributed by atoms with Gasteiger partial charge >= 0.3 is 12.1 Å². The van der Waals surface area contributed by atoms with Gasteiger partial charge in [0.2, 0.25) is 5.91 Å². The minimum Gasteiger partial charge on any atom is -0.444 e. The first-order valence-corrected chi connectivity index (χ1v) is 7.36. The quantitative estimate of drug-likeness (QED) is 0.806. The van der Waals surface area contributed by atoms with Crippen LogP contribution in [0.25, 0.3) is 0 Å². The maximum atomic E-state index is 12.0. The number of likely N-dealkylation sites (N-methyl/N-ethyl adjacent to an activating group) is 1. The summed E-state index contributed by atoms with van der Waals surface area (Å²) in [6, 6.07) is -0.744. The molecule has 0 spiro atoms. The number of ether oxygens (including phenoxy) is 1. The van der Waals surface area contributed by atoms with Gasteiger partial charge in [0.25, 0.3) is 0 Å². The topological polar surface area (TPSA) is 79.0 Å². The second-order valence-electron chi connectivity index (χ2n) is 7.71. The molecule has 4 amide bonds. The van der Waals surface area contributed by atoms with Crippen molar-refractivity contribution in [1.29, 1.82) is 0 Å². The average molecular weight is 313 g/mol. The van der Waals surface area contributed by atoms with Crippen LogP contribution in [-0.4, -0.2) is 59.6 Å². The van der Waals surface area contributed by atoms with Crippen LogP contribution in [0.2, 0.25) is 0 Å². The largest absolute Gasteiger partial charge is 0.444 e. The van der Waals surface area contributed by atoms with E-state index in [4.69, 9.17) is 4.74 Å². The molecular formula is C15H27N3O4. The van der Waals surface area contributed by atoms with E-state index in [0.29, 0.717) is 0 Å². The van der Waals surface area contributed by atoms with Crippen molar-refractivity contribution in [2.24, 2.45) is 5.41 Å². The van der Waals surface area contributed by atoms with Gasteiger partial charge in [0.05, 0.1) is 12.6 Å². The van der Waals surface area contributed by atoms with Crippen molar-refractivity contribution in [3.63, 3.8) is 0 Å². The Labute approximate surface area is 132 Å². The molecule has 126 valence electrons. The number of carbonyl (C=O) groups excluding carboxylic acids is 3. The van der Waals surface area contributed by atoms with Crippen molar-refractivity contribution >= 4 is 18.0 Å². The molecule has 1 N–H and O–H groups in total. The summed E-state index contributed by atoms with van der Waals surface area (Å²) in [6.45, 7) is 11.3. The van der Waals surface area contributed by atoms with Gasteiger partial charge in [-0.05, 0) is 26.2 Å². The highest BCUT2D eigenvalue weighted by Crippen LogP contribution is 2.22. The zero-order valence-electron chi connectivity index (χ0n) is 14.5. The number of alkyl carbamates (subject to hydrolysis) is 1. The first kappa shape index (κ1) is 18.3. The lowest BCUT2D eigenvalue weighted by molar-refractivity contribution is -0.125. The summed E-state index contributed by atoms with van der Waals surface area (Å²) in [5.74, 6) is -0.257. The van der Waals surface area contributed by atoms with Crippen LogP contribution in [0.4, 0.5) is 9.59 Å². The Kier molecular flexibility index (Phi) is 5.10. The Balaban J connectivity index is 2.81. The van der Waals surface area contributed by atoms with Crippen molar-refractivity contribution in [1.82, 2.24) is 15.1 Å². The molecule has 1 aliphatic rings. The highest BCUT2D eigenvalue weighted by atomic mass is 16.6. The summed E-state index contributed by atoms with van der Waals surface area (Å²) in [4.78, 5) is 38.4. The fourth-order valence-electron chi connectivity index (χ4n) is 2.02. The summed E-state index contributed by atoms with van der Waals surface area (Å²) in [7, 11) is 1.58. The number of hydrogen-bond acceptors (Lipinski definition) is 4. The predicted molar refractivity (Wildman–Crippen MR) is 82.4 cm³/mol. The van der Waals surface area contributed by atoms with Crippen molar-refractivity contribution in [2.45, 2.75) is 53.2 Å². The number of amides is 4. The van der Waals surface area contributed by atoms with Gasteiger partial charge in [0, 0.05) is 7.05 Å². The Bertz CT molecular complexity index is 462. The second-order valence-corrected chi connectivity index (χ2v) is 7.71. The Morgan fingerprint density at radius 3 is 2.14 bits per heavy atom. The summed E-state index contributed by atoms with van der Waals surface area (Å²) in [5, 5.41) is 2.77. The van der Waals surface area contributed by atoms with E-state index in [0.717, 1.165) is 0 Å². The molecule has 1 fully saturated rings. The van der Waals surface area contributed by atoms with Crippen LogP contribution in [0.15, 0.2) is 0 Å². The minimum absolute atomic E-state index is 0.0716. The Hall–Kier alpha value is -1.79. The molecule has 1 unspecified atom stereocenters. The summed E-state index contributed by atoms with van der Waals surface area (Å²) < 4.78 is 5.25. The minimum atomic E-state index is -0.605. The number of urea groups is 1. The SMILES string of the molecule is CN1CC(=O)N(CC(NC(=O)OC(C)(C)C)C(C)(C)C)C1=O. The van der Waals surface area contributed by atoms with Crippen LogP contribution < -0.4 is 5.32 Å². The standard InChI is InChI=1S/C15H27N3O4/c1-14(2,3)10(16-12(20)22-15(4,5)6)8-18-11(19)9-17(7)13(18)21/h10H,8-9H2,1-7H3,(H,16,20). The molecule has 22 heavy (non-hydrogen) atoms. The summed E-state index contributed by atoms with van der Waals surface area (Å²) >= 11 is 0. The van der Waals surface area contributed by atoms with Crippen molar-refractivity contribution in [2.75, 3.05) is 20.1 Å². The van der Waals surface area contributed by atoms with E-state index in [9.17, 15) is 14.4 Å². The molecule has 0 aromatic rings. The van der Waals surface area contributed by atoms with Gasteiger partial charge in [-0.25, -0.2) is 9.59 Å². The summed E-state index contributed by atoms with van der Waals surface area (Å²) in [6.07, 6.45) is -0.556. The van der Waals surface area contributed by atoms with Crippen LogP contribution >= 0.6 is 0 Å². The van der Waals surface area contributed by atoms with Crippen LogP contribution in [-0.2, 0) is 9.53 Å². The molecule has 0 aromatic heterocycles. The molecule has 1 atom stereocenters. The Morgan fingerprint density at radius 2 is 1.77 bits per heavy atom. The molecule has 7 nitrogen and oxygen atoms in total. The van der Waals surface area contributed by atoms with E-state index < -0.39 is 17.7 Å². The first-order chi connectivity index (χ1) is 9.81. The van der Waals surface area contributed by atoms with Gasteiger partial charge < -0.3 is 15.0 Å². The zero-order valence-corrected chi connectivity index (χ0v) is 14.5. The van der Waals surface area contributed by atoms with Crippen molar-refractivity contribution < 1.29 is 19.1 Å². The molecule has 0 bridgehead atoms. The van der Waals surface area contributed by atoms with Crippen LogP contribution in [0.3, 0.4) is 0 Å². The van der Waals surface area contributed by atoms with E-state index >= 15 is 0 Å². The normalized spacial score (nSPS) is 17.8. The lowest BCUT2D eigenvalue weighted by Gasteiger charge is -2.34. The third-order valence-electron chi connectivity index (χ3n) is 3.33. The maximum absolute atomic E-state index is 12.0. The third-order valence-corrected chi connectivity index (χ3v) is 3.33. The fourth-order valence-corrected chi connectivity index (χ4v) is 2.02. The van der Waals surface area contributed by atoms with Crippen LogP contribution in [0.1, 0.15) is 41.5 Å². The van der Waals surface area contributed by atoms with Gasteiger partial charge in [-0.3, -0.25) is 9.69 Å². The number of carbonyl (C=O) groups is 3. The van der Waals surface area contributed by atoms with Gasteiger partial charge in [-0.15, -0.1) is 0 Å². The molecule has 0 radical (unpaired) electrons. The molecule has 1 rings (SSSR count). The fraction of sp³-hybridized carbons (Fsp3) is 0.800. The summed E-state index contributed by atoms with van der Waals surface area (Å²) in [5.41, 5.74) is -0.940. The van der Waals surface area contributed by atoms with Gasteiger partial charge in [-0.2, -0.15) is 0 Å². The highest BCUT2D eigenvalue weighted by Gasteiger charge is 2.38. The molecule has 1 saturated heterocycles. The molecule has 0 aromatic carbocycles. The molecule has 0 aliphatic carbocycles. The number of hydrogen-bond donors (Lipinski definition) is 1. The Morgan fingerprint density at radius 1 is 1.23 bits per heavy atom. The van der Waals surface area contributed by atoms with E-state index in [1.54, 1.807) is 27.8 Å². The van der Waals surface area contributed by atoms with E-state index in [1.165, 1.54) is 9.80 Å². The van der Waals surface area contributed by atoms with Gasteiger partial charge in [0.15, 0.2) is 0 Å². The van der Waals surface area contributed by atoms with Crippen LogP contribution in [0.5, 0.6) is 0 Å². The molecule has 1 heterocycles. The average Bonchev–Trinajstić information content (AvgIpc) is 2.51. The van der Waals surface area contributed by atoms with Gasteiger partial charge in [0.1, 0.15) is 12.1 Å².